The lowest BCUT2D eigenvalue weighted by atomic mass is 9.80. The van der Waals surface area contributed by atoms with Gasteiger partial charge in [0, 0.05) is 29.8 Å². The van der Waals surface area contributed by atoms with Gasteiger partial charge in [0.2, 0.25) is 5.91 Å². The number of carbonyl (C=O) groups excluding carboxylic acids is 1. The smallest absolute Gasteiger partial charge is 0.328 e. The second kappa shape index (κ2) is 14.1. The Kier molecular flexibility index (Phi) is 9.81. The van der Waals surface area contributed by atoms with E-state index in [0.29, 0.717) is 12.5 Å². The lowest BCUT2D eigenvalue weighted by Gasteiger charge is -2.29. The number of hydrogen-bond acceptors (Lipinski definition) is 3. The number of unbranched alkanes of at least 4 members (excludes halogenated alkanes) is 1. The third-order valence-corrected chi connectivity index (χ3v) is 8.47. The van der Waals surface area contributed by atoms with Gasteiger partial charge < -0.3 is 10.4 Å². The van der Waals surface area contributed by atoms with Crippen LogP contribution in [0, 0.1) is 5.92 Å². The summed E-state index contributed by atoms with van der Waals surface area (Å²) < 4.78 is 0. The summed E-state index contributed by atoms with van der Waals surface area (Å²) >= 11 is 0. The minimum absolute atomic E-state index is 0.00760. The maximum Gasteiger partial charge on any atom is 0.328 e. The predicted octanol–water partition coefficient (Wildman–Crippen LogP) is 7.39. The molecule has 5 nitrogen and oxygen atoms in total. The third-order valence-electron chi connectivity index (χ3n) is 8.47. The van der Waals surface area contributed by atoms with Crippen LogP contribution in [0.5, 0.6) is 0 Å². The number of allylic oxidation sites excluding steroid dienone is 6. The number of amides is 1. The molecule has 1 amide bonds. The van der Waals surface area contributed by atoms with E-state index in [2.05, 4.69) is 72.1 Å². The Morgan fingerprint density at radius 3 is 2.52 bits per heavy atom. The van der Waals surface area contributed by atoms with Crippen molar-refractivity contribution in [3.63, 3.8) is 0 Å². The minimum atomic E-state index is -0.910. The highest BCUT2D eigenvalue weighted by atomic mass is 16.4. The molecule has 0 radical (unpaired) electrons. The standard InChI is InChI=1S/C37H40N2O3/c1-26-24-34(37(42)38-23-6-5-10-27-8-3-2-4-9-27)33-22-21-32(25-35(33)39-26)31-19-17-30(18-20-31)29-15-13-28(14-16-29)11-7-12-36(40)41/h2-4,7-9,11-12,17-22,24-25,29,33,35H,5-6,10,13-16,23H2,1H3,(H,38,42)(H,40,41). The average molecular weight is 561 g/mol. The monoisotopic (exact) mass is 560 g/mol. The molecule has 42 heavy (non-hydrogen) atoms. The van der Waals surface area contributed by atoms with Gasteiger partial charge in [-0.2, -0.15) is 0 Å². The molecule has 2 aromatic carbocycles. The first kappa shape index (κ1) is 29.2. The van der Waals surface area contributed by atoms with Gasteiger partial charge in [-0.25, -0.2) is 4.79 Å². The Morgan fingerprint density at radius 1 is 1.02 bits per heavy atom. The van der Waals surface area contributed by atoms with Crippen molar-refractivity contribution < 1.29 is 14.7 Å². The van der Waals surface area contributed by atoms with E-state index in [1.165, 1.54) is 22.8 Å². The van der Waals surface area contributed by atoms with Crippen molar-refractivity contribution in [1.29, 1.82) is 0 Å². The number of aliphatic carboxylic acids is 1. The van der Waals surface area contributed by atoms with Gasteiger partial charge in [0.15, 0.2) is 0 Å². The summed E-state index contributed by atoms with van der Waals surface area (Å²) in [6.45, 7) is 2.64. The Bertz CT molecular complexity index is 1450. The van der Waals surface area contributed by atoms with Gasteiger partial charge >= 0.3 is 5.97 Å². The summed E-state index contributed by atoms with van der Waals surface area (Å²) in [6, 6.07) is 19.3. The van der Waals surface area contributed by atoms with Crippen molar-refractivity contribution >= 4 is 23.2 Å². The van der Waals surface area contributed by atoms with Crippen molar-refractivity contribution in [1.82, 2.24) is 5.32 Å². The van der Waals surface area contributed by atoms with Crippen molar-refractivity contribution in [3.05, 3.63) is 125 Å². The van der Waals surface area contributed by atoms with Gasteiger partial charge in [0.05, 0.1) is 6.04 Å². The Morgan fingerprint density at radius 2 is 1.79 bits per heavy atom. The van der Waals surface area contributed by atoms with E-state index in [1.54, 1.807) is 6.08 Å². The van der Waals surface area contributed by atoms with Crippen LogP contribution in [0.25, 0.3) is 5.57 Å². The van der Waals surface area contributed by atoms with E-state index in [9.17, 15) is 9.59 Å². The number of hydrogen-bond donors (Lipinski definition) is 2. The van der Waals surface area contributed by atoms with Crippen LogP contribution >= 0.6 is 0 Å². The van der Waals surface area contributed by atoms with Crippen LogP contribution in [0.1, 0.15) is 68.1 Å². The topological polar surface area (TPSA) is 78.8 Å². The zero-order chi connectivity index (χ0) is 29.3. The second-order valence-electron chi connectivity index (χ2n) is 11.5. The molecule has 5 rings (SSSR count). The van der Waals surface area contributed by atoms with Crippen molar-refractivity contribution in [2.75, 3.05) is 6.54 Å². The summed E-state index contributed by atoms with van der Waals surface area (Å²) in [4.78, 5) is 28.7. The van der Waals surface area contributed by atoms with Crippen molar-refractivity contribution in [2.45, 2.75) is 63.8 Å². The van der Waals surface area contributed by atoms with Crippen molar-refractivity contribution in [2.24, 2.45) is 10.9 Å². The molecule has 0 aromatic heterocycles. The first-order valence-corrected chi connectivity index (χ1v) is 15.1. The van der Waals surface area contributed by atoms with E-state index >= 15 is 0 Å². The number of aryl methyl sites for hydroxylation is 1. The molecule has 2 aliphatic carbocycles. The van der Waals surface area contributed by atoms with Gasteiger partial charge in [-0.05, 0) is 86.1 Å². The molecule has 2 N–H and O–H groups in total. The number of carbonyl (C=O) groups is 2. The summed E-state index contributed by atoms with van der Waals surface area (Å²) in [5.74, 6) is -0.424. The summed E-state index contributed by atoms with van der Waals surface area (Å²) in [5.41, 5.74) is 7.99. The quantitative estimate of drug-likeness (QED) is 0.235. The van der Waals surface area contributed by atoms with Crippen LogP contribution in [0.15, 0.2) is 113 Å². The van der Waals surface area contributed by atoms with E-state index in [4.69, 9.17) is 10.1 Å². The molecule has 1 fully saturated rings. The molecule has 5 heteroatoms. The molecule has 0 saturated heterocycles. The number of carboxylic acids is 1. The summed E-state index contributed by atoms with van der Waals surface area (Å²) in [6.07, 6.45) is 20.4. The number of nitrogens with one attached hydrogen (secondary N) is 1. The third kappa shape index (κ3) is 7.73. The average Bonchev–Trinajstić information content (AvgIpc) is 3.01. The number of dihydropyridines is 1. The van der Waals surface area contributed by atoms with E-state index in [0.717, 1.165) is 67.4 Å². The predicted molar refractivity (Wildman–Crippen MR) is 170 cm³/mol. The fourth-order valence-electron chi connectivity index (χ4n) is 6.18. The maximum atomic E-state index is 13.2. The molecule has 0 bridgehead atoms. The highest BCUT2D eigenvalue weighted by molar-refractivity contribution is 6.05. The molecule has 2 aromatic rings. The molecule has 2 atom stereocenters. The number of carboxylic acid groups (broad SMARTS) is 1. The van der Waals surface area contributed by atoms with Crippen LogP contribution < -0.4 is 5.32 Å². The van der Waals surface area contributed by atoms with Crippen molar-refractivity contribution in [3.8, 4) is 0 Å². The molecular formula is C37H40N2O3. The number of aliphatic imine (C=N–C) groups is 1. The van der Waals surface area contributed by atoms with Crippen LogP contribution in [0.3, 0.4) is 0 Å². The first-order valence-electron chi connectivity index (χ1n) is 15.1. The van der Waals surface area contributed by atoms with Crippen LogP contribution in [-0.4, -0.2) is 35.3 Å². The fourth-order valence-corrected chi connectivity index (χ4v) is 6.18. The zero-order valence-corrected chi connectivity index (χ0v) is 24.3. The molecule has 216 valence electrons. The van der Waals surface area contributed by atoms with Crippen LogP contribution in [0.2, 0.25) is 0 Å². The molecule has 2 unspecified atom stereocenters. The van der Waals surface area contributed by atoms with Gasteiger partial charge in [-0.1, -0.05) is 90.6 Å². The van der Waals surface area contributed by atoms with Gasteiger partial charge in [-0.3, -0.25) is 9.79 Å². The molecule has 1 saturated carbocycles. The summed E-state index contributed by atoms with van der Waals surface area (Å²) in [7, 11) is 0. The largest absolute Gasteiger partial charge is 0.478 e. The molecule has 1 heterocycles. The highest BCUT2D eigenvalue weighted by Crippen LogP contribution is 2.37. The Balaban J connectivity index is 1.14. The summed E-state index contributed by atoms with van der Waals surface area (Å²) in [5, 5.41) is 11.9. The van der Waals surface area contributed by atoms with Gasteiger partial charge in [0.1, 0.15) is 0 Å². The van der Waals surface area contributed by atoms with E-state index in [1.807, 2.05) is 25.1 Å². The highest BCUT2D eigenvalue weighted by Gasteiger charge is 2.31. The maximum absolute atomic E-state index is 13.2. The number of rotatable bonds is 10. The normalized spacial score (nSPS) is 21.7. The van der Waals surface area contributed by atoms with Gasteiger partial charge in [-0.15, -0.1) is 0 Å². The fraction of sp³-hybridized carbons (Fsp3) is 0.324. The SMILES string of the molecule is CC1=NC2C=C(c3ccc(C4CCC(=CC=CC(=O)O)CC4)cc3)C=CC2C(C(=O)NCCCCc2ccccc2)=C1. The molecule has 1 aliphatic heterocycles. The molecule has 3 aliphatic rings. The first-order chi connectivity index (χ1) is 20.5. The molecule has 0 spiro atoms. The lowest BCUT2D eigenvalue weighted by molar-refractivity contribution is -0.131. The lowest BCUT2D eigenvalue weighted by Crippen LogP contribution is -2.35. The second-order valence-corrected chi connectivity index (χ2v) is 11.5. The van der Waals surface area contributed by atoms with E-state index in [-0.39, 0.29) is 17.9 Å². The van der Waals surface area contributed by atoms with Crippen LogP contribution in [-0.2, 0) is 16.0 Å². The van der Waals surface area contributed by atoms with E-state index < -0.39 is 5.97 Å². The number of benzene rings is 2. The molecular weight excluding hydrogens is 520 g/mol. The zero-order valence-electron chi connectivity index (χ0n) is 24.3. The Labute approximate surface area is 249 Å². The van der Waals surface area contributed by atoms with Gasteiger partial charge in [0.25, 0.3) is 0 Å². The Hall–Kier alpha value is -4.25. The van der Waals surface area contributed by atoms with Crippen LogP contribution in [0.4, 0.5) is 0 Å². The minimum Gasteiger partial charge on any atom is -0.478 e. The number of fused-ring (bicyclic) bond motifs is 1. The number of nitrogens with zero attached hydrogens (tertiary/aromatic N) is 1.